The summed E-state index contributed by atoms with van der Waals surface area (Å²) in [5, 5.41) is 14.8. The van der Waals surface area contributed by atoms with Crippen molar-refractivity contribution in [2.45, 2.75) is 44.9 Å². The molecular weight excluding hydrogens is 302 g/mol. The van der Waals surface area contributed by atoms with E-state index in [9.17, 15) is 5.11 Å². The molecule has 5 nitrogen and oxygen atoms in total. The Kier molecular flexibility index (Phi) is 5.88. The van der Waals surface area contributed by atoms with Crippen LogP contribution in [-0.2, 0) is 6.54 Å². The van der Waals surface area contributed by atoms with Crippen LogP contribution < -0.4 is 4.74 Å². The van der Waals surface area contributed by atoms with E-state index >= 15 is 0 Å². The number of nitrogens with zero attached hydrogens (tertiary/aromatic N) is 3. The number of ether oxygens (including phenoxy) is 1. The van der Waals surface area contributed by atoms with Gasteiger partial charge in [0.1, 0.15) is 18.5 Å². The van der Waals surface area contributed by atoms with Gasteiger partial charge in [-0.25, -0.2) is 0 Å². The van der Waals surface area contributed by atoms with Crippen molar-refractivity contribution < 1.29 is 9.84 Å². The fraction of sp³-hybridized carbons (Fsp3) is 0.526. The van der Waals surface area contributed by atoms with Crippen LogP contribution in [0.4, 0.5) is 0 Å². The molecular formula is C19H27N3O2. The summed E-state index contributed by atoms with van der Waals surface area (Å²) >= 11 is 0. The molecule has 2 atom stereocenters. The molecule has 130 valence electrons. The van der Waals surface area contributed by atoms with Crippen molar-refractivity contribution in [2.24, 2.45) is 0 Å². The Labute approximate surface area is 143 Å². The van der Waals surface area contributed by atoms with Crippen LogP contribution in [0.3, 0.4) is 0 Å². The number of aliphatic hydroxyl groups excluding tert-OH is 1. The zero-order chi connectivity index (χ0) is 16.8. The van der Waals surface area contributed by atoms with Gasteiger partial charge >= 0.3 is 0 Å². The quantitative estimate of drug-likeness (QED) is 0.848. The molecule has 24 heavy (non-hydrogen) atoms. The molecule has 1 N–H and O–H groups in total. The third-order valence-electron chi connectivity index (χ3n) is 4.54. The molecule has 1 saturated heterocycles. The summed E-state index contributed by atoms with van der Waals surface area (Å²) < 4.78 is 7.69. The highest BCUT2D eigenvalue weighted by Gasteiger charge is 2.25. The topological polar surface area (TPSA) is 50.5 Å². The number of piperidine rings is 1. The molecule has 0 saturated carbocycles. The third kappa shape index (κ3) is 4.82. The van der Waals surface area contributed by atoms with Crippen molar-refractivity contribution in [2.75, 3.05) is 19.7 Å². The van der Waals surface area contributed by atoms with E-state index in [0.717, 1.165) is 25.3 Å². The Morgan fingerprint density at radius 1 is 1.29 bits per heavy atom. The molecule has 0 amide bonds. The largest absolute Gasteiger partial charge is 0.491 e. The maximum absolute atomic E-state index is 10.4. The Bertz CT molecular complexity index is 614. The summed E-state index contributed by atoms with van der Waals surface area (Å²) in [4.78, 5) is 2.39. The third-order valence-corrected chi connectivity index (χ3v) is 4.54. The molecule has 0 radical (unpaired) electrons. The van der Waals surface area contributed by atoms with Gasteiger partial charge in [0.25, 0.3) is 0 Å². The zero-order valence-electron chi connectivity index (χ0n) is 14.3. The van der Waals surface area contributed by atoms with Gasteiger partial charge in [0.2, 0.25) is 0 Å². The van der Waals surface area contributed by atoms with Crippen LogP contribution >= 0.6 is 0 Å². The van der Waals surface area contributed by atoms with Crippen LogP contribution in [0.15, 0.2) is 42.7 Å². The summed E-state index contributed by atoms with van der Waals surface area (Å²) in [6.07, 6.45) is 7.10. The van der Waals surface area contributed by atoms with Crippen molar-refractivity contribution in [3.8, 4) is 5.75 Å². The smallest absolute Gasteiger partial charge is 0.119 e. The average Bonchev–Trinajstić information content (AvgIpc) is 3.01. The van der Waals surface area contributed by atoms with E-state index in [1.54, 1.807) is 0 Å². The Morgan fingerprint density at radius 2 is 2.12 bits per heavy atom. The van der Waals surface area contributed by atoms with Gasteiger partial charge in [0.05, 0.1) is 12.7 Å². The molecule has 5 heteroatoms. The molecule has 1 fully saturated rings. The number of aryl methyl sites for hydroxylation is 1. The second-order valence-electron chi connectivity index (χ2n) is 6.66. The minimum atomic E-state index is -0.481. The van der Waals surface area contributed by atoms with E-state index in [-0.39, 0.29) is 0 Å². The van der Waals surface area contributed by atoms with E-state index < -0.39 is 6.10 Å². The number of rotatable bonds is 7. The first kappa shape index (κ1) is 17.0. The van der Waals surface area contributed by atoms with Crippen LogP contribution in [0, 0.1) is 6.92 Å². The van der Waals surface area contributed by atoms with E-state index in [2.05, 4.69) is 23.1 Å². The second kappa shape index (κ2) is 8.31. The highest BCUT2D eigenvalue weighted by Crippen LogP contribution is 2.19. The van der Waals surface area contributed by atoms with Crippen molar-refractivity contribution in [3.63, 3.8) is 0 Å². The highest BCUT2D eigenvalue weighted by molar-refractivity contribution is 5.20. The molecule has 2 aromatic rings. The van der Waals surface area contributed by atoms with E-state index in [4.69, 9.17) is 4.74 Å². The first-order valence-corrected chi connectivity index (χ1v) is 8.80. The van der Waals surface area contributed by atoms with Crippen LogP contribution in [-0.4, -0.2) is 51.6 Å². The zero-order valence-corrected chi connectivity index (χ0v) is 14.3. The predicted octanol–water partition coefficient (Wildman–Crippen LogP) is 2.49. The van der Waals surface area contributed by atoms with Gasteiger partial charge in [0.15, 0.2) is 0 Å². The van der Waals surface area contributed by atoms with Gasteiger partial charge in [-0.15, -0.1) is 0 Å². The van der Waals surface area contributed by atoms with Gasteiger partial charge in [-0.05, 0) is 44.0 Å². The Balaban J connectivity index is 1.51. The first-order chi connectivity index (χ1) is 11.7. The van der Waals surface area contributed by atoms with Crippen molar-refractivity contribution in [1.29, 1.82) is 0 Å². The number of hydrogen-bond donors (Lipinski definition) is 1. The Hall–Kier alpha value is -1.85. The monoisotopic (exact) mass is 329 g/mol. The number of likely N-dealkylation sites (tertiary alicyclic amines) is 1. The summed E-state index contributed by atoms with van der Waals surface area (Å²) in [5.74, 6) is 0.804. The molecule has 1 aliphatic rings. The summed E-state index contributed by atoms with van der Waals surface area (Å²) in [5.41, 5.74) is 1.19. The minimum absolute atomic E-state index is 0.327. The van der Waals surface area contributed by atoms with Gasteiger partial charge in [-0.1, -0.05) is 24.6 Å². The molecule has 1 aromatic carbocycles. The first-order valence-electron chi connectivity index (χ1n) is 8.80. The Morgan fingerprint density at radius 3 is 2.88 bits per heavy atom. The number of hydrogen-bond acceptors (Lipinski definition) is 4. The maximum atomic E-state index is 10.4. The molecule has 0 spiro atoms. The molecule has 3 rings (SSSR count). The van der Waals surface area contributed by atoms with E-state index in [0.29, 0.717) is 19.2 Å². The van der Waals surface area contributed by atoms with Gasteiger partial charge < -0.3 is 9.84 Å². The number of para-hydroxylation sites is 1. The highest BCUT2D eigenvalue weighted by atomic mass is 16.5. The van der Waals surface area contributed by atoms with Crippen molar-refractivity contribution in [3.05, 3.63) is 48.3 Å². The van der Waals surface area contributed by atoms with Crippen LogP contribution in [0.25, 0.3) is 0 Å². The number of aromatic nitrogens is 2. The van der Waals surface area contributed by atoms with Crippen LogP contribution in [0.5, 0.6) is 5.75 Å². The maximum Gasteiger partial charge on any atom is 0.119 e. The fourth-order valence-electron chi connectivity index (χ4n) is 3.32. The van der Waals surface area contributed by atoms with Gasteiger partial charge in [0, 0.05) is 18.8 Å². The van der Waals surface area contributed by atoms with Crippen LogP contribution in [0.1, 0.15) is 24.8 Å². The molecule has 0 aliphatic carbocycles. The van der Waals surface area contributed by atoms with Gasteiger partial charge in [-0.2, -0.15) is 5.10 Å². The SMILES string of the molecule is Cc1cnn(C[C@H]2CCCCN2C[C@@H](O)COc2ccccc2)c1. The molecule has 2 heterocycles. The van der Waals surface area contributed by atoms with Crippen LogP contribution in [0.2, 0.25) is 0 Å². The number of aliphatic hydroxyl groups is 1. The fourth-order valence-corrected chi connectivity index (χ4v) is 3.32. The number of benzene rings is 1. The summed E-state index contributed by atoms with van der Waals surface area (Å²) in [6.45, 7) is 4.96. The average molecular weight is 329 g/mol. The second-order valence-corrected chi connectivity index (χ2v) is 6.66. The van der Waals surface area contributed by atoms with Crippen molar-refractivity contribution >= 4 is 0 Å². The van der Waals surface area contributed by atoms with E-state index in [1.165, 1.54) is 18.4 Å². The summed E-state index contributed by atoms with van der Waals surface area (Å²) in [7, 11) is 0. The lowest BCUT2D eigenvalue weighted by atomic mass is 10.0. The normalized spacial score (nSPS) is 20.0. The standard InChI is InChI=1S/C19H27N3O2/c1-16-11-20-22(12-16)13-17-7-5-6-10-21(17)14-18(23)15-24-19-8-3-2-4-9-19/h2-4,8-9,11-12,17-18,23H,5-7,10,13-15H2,1H3/t17-,18-/m1/s1. The molecule has 0 unspecified atom stereocenters. The lowest BCUT2D eigenvalue weighted by Gasteiger charge is -2.36. The lowest BCUT2D eigenvalue weighted by molar-refractivity contribution is 0.0345. The molecule has 0 bridgehead atoms. The molecule has 1 aliphatic heterocycles. The molecule has 1 aromatic heterocycles. The lowest BCUT2D eigenvalue weighted by Crippen LogP contribution is -2.46. The van der Waals surface area contributed by atoms with Gasteiger partial charge in [-0.3, -0.25) is 9.58 Å². The summed E-state index contributed by atoms with van der Waals surface area (Å²) in [6, 6.07) is 10.1. The van der Waals surface area contributed by atoms with E-state index in [1.807, 2.05) is 41.2 Å². The minimum Gasteiger partial charge on any atom is -0.491 e. The van der Waals surface area contributed by atoms with Crippen molar-refractivity contribution in [1.82, 2.24) is 14.7 Å². The predicted molar refractivity (Wildman–Crippen MR) is 94.1 cm³/mol. The number of β-amino-alcohol motifs (C(OH)–C–C–N with tert-alkyl or cyclic N) is 1.